The number of halogens is 4. The van der Waals surface area contributed by atoms with E-state index in [9.17, 15) is 18.0 Å². The van der Waals surface area contributed by atoms with Crippen LogP contribution in [0.2, 0.25) is 0 Å². The minimum absolute atomic E-state index is 0.0492. The van der Waals surface area contributed by atoms with Crippen LogP contribution < -0.4 is 9.47 Å². The number of aromatic amines is 1. The molecule has 150 valence electrons. The number of rotatable bonds is 6. The topological polar surface area (TPSA) is 60.6 Å². The molecule has 1 aromatic carbocycles. The van der Waals surface area contributed by atoms with E-state index >= 15 is 0 Å². The van der Waals surface area contributed by atoms with Crippen molar-refractivity contribution in [3.05, 3.63) is 46.7 Å². The number of benzene rings is 1. The van der Waals surface area contributed by atoms with Crippen LogP contribution in [-0.2, 0) is 4.74 Å². The number of methoxy groups -OCH3 is 2. The highest BCUT2D eigenvalue weighted by Crippen LogP contribution is 2.37. The lowest BCUT2D eigenvalue weighted by Crippen LogP contribution is -2.19. The number of ether oxygens (including phenoxy) is 3. The van der Waals surface area contributed by atoms with Gasteiger partial charge < -0.3 is 19.2 Å². The van der Waals surface area contributed by atoms with Crippen LogP contribution in [0.15, 0.2) is 41.1 Å². The fraction of sp³-hybridized carbons (Fsp3) is 0.316. The van der Waals surface area contributed by atoms with Gasteiger partial charge in [0.1, 0.15) is 0 Å². The summed E-state index contributed by atoms with van der Waals surface area (Å²) >= 11 is 6.00. The number of aromatic nitrogens is 1. The van der Waals surface area contributed by atoms with Gasteiger partial charge in [0.2, 0.25) is 0 Å². The van der Waals surface area contributed by atoms with Gasteiger partial charge in [-0.3, -0.25) is 4.79 Å². The summed E-state index contributed by atoms with van der Waals surface area (Å²) in [6.45, 7) is 0. The van der Waals surface area contributed by atoms with E-state index < -0.39 is 12.1 Å². The minimum Gasteiger partial charge on any atom is -0.493 e. The van der Waals surface area contributed by atoms with Crippen molar-refractivity contribution < 1.29 is 32.2 Å². The number of H-pyrrole nitrogens is 1. The maximum absolute atomic E-state index is 12.8. The Kier molecular flexibility index (Phi) is 5.71. The first-order chi connectivity index (χ1) is 13.2. The molecule has 2 aromatic rings. The second kappa shape index (κ2) is 7.89. The standard InChI is InChI=1S/C19H17ClF3NO4/c1-26-16-6-11(20)4-3-10(16)5-15(25)13-9-24-14-8-17(27-2)18(7-12(13)14)28-19(21,22)23/h3-4,7-9,16,24H,5-6H2,1-2H3. The van der Waals surface area contributed by atoms with Crippen molar-refractivity contribution in [2.24, 2.45) is 0 Å². The zero-order valence-electron chi connectivity index (χ0n) is 15.0. The smallest absolute Gasteiger partial charge is 0.493 e. The highest BCUT2D eigenvalue weighted by molar-refractivity contribution is 6.29. The van der Waals surface area contributed by atoms with Crippen LogP contribution in [0.5, 0.6) is 11.5 Å². The third-order valence-corrected chi connectivity index (χ3v) is 4.69. The maximum Gasteiger partial charge on any atom is 0.573 e. The third-order valence-electron chi connectivity index (χ3n) is 4.41. The first-order valence-electron chi connectivity index (χ1n) is 8.27. The molecule has 1 atom stereocenters. The van der Waals surface area contributed by atoms with Crippen LogP contribution in [0.4, 0.5) is 13.2 Å². The second-order valence-electron chi connectivity index (χ2n) is 6.18. The Morgan fingerprint density at radius 3 is 2.64 bits per heavy atom. The number of Topliss-reactive ketones (excluding diaryl/α,β-unsaturated/α-hetero) is 1. The number of allylic oxidation sites excluding steroid dienone is 2. The molecule has 0 aliphatic heterocycles. The molecular weight excluding hydrogens is 399 g/mol. The first kappa shape index (κ1) is 20.3. The first-order valence-corrected chi connectivity index (χ1v) is 8.65. The van der Waals surface area contributed by atoms with Crippen molar-refractivity contribution in [3.63, 3.8) is 0 Å². The molecule has 28 heavy (non-hydrogen) atoms. The number of ketones is 1. The van der Waals surface area contributed by atoms with Crippen LogP contribution in [0.25, 0.3) is 10.9 Å². The molecule has 0 amide bonds. The molecule has 5 nitrogen and oxygen atoms in total. The molecule has 1 unspecified atom stereocenters. The maximum atomic E-state index is 12.8. The molecular formula is C19H17ClF3NO4. The number of alkyl halides is 3. The molecule has 1 aliphatic carbocycles. The van der Waals surface area contributed by atoms with Crippen molar-refractivity contribution >= 4 is 28.3 Å². The van der Waals surface area contributed by atoms with Gasteiger partial charge in [0.05, 0.1) is 18.7 Å². The van der Waals surface area contributed by atoms with Gasteiger partial charge in [-0.1, -0.05) is 17.7 Å². The summed E-state index contributed by atoms with van der Waals surface area (Å²) in [6.07, 6.45) is 0.196. The van der Waals surface area contributed by atoms with Gasteiger partial charge in [-0.15, -0.1) is 13.2 Å². The van der Waals surface area contributed by atoms with Gasteiger partial charge in [0, 0.05) is 48.2 Å². The molecule has 0 bridgehead atoms. The van der Waals surface area contributed by atoms with Crippen LogP contribution in [-0.4, -0.2) is 37.5 Å². The fourth-order valence-corrected chi connectivity index (χ4v) is 3.30. The van der Waals surface area contributed by atoms with E-state index in [-0.39, 0.29) is 29.6 Å². The number of hydrogen-bond acceptors (Lipinski definition) is 4. The average molecular weight is 416 g/mol. The Bertz CT molecular complexity index is 962. The third kappa shape index (κ3) is 4.34. The summed E-state index contributed by atoms with van der Waals surface area (Å²) in [4.78, 5) is 15.7. The minimum atomic E-state index is -4.88. The predicted molar refractivity (Wildman–Crippen MR) is 97.9 cm³/mol. The van der Waals surface area contributed by atoms with Gasteiger partial charge >= 0.3 is 6.36 Å². The van der Waals surface area contributed by atoms with E-state index in [0.717, 1.165) is 11.6 Å². The predicted octanol–water partition coefficient (Wildman–Crippen LogP) is 5.12. The molecule has 0 spiro atoms. The van der Waals surface area contributed by atoms with Crippen molar-refractivity contribution in [3.8, 4) is 11.5 Å². The van der Waals surface area contributed by atoms with Crippen molar-refractivity contribution in [1.82, 2.24) is 4.98 Å². The van der Waals surface area contributed by atoms with E-state index in [4.69, 9.17) is 21.1 Å². The largest absolute Gasteiger partial charge is 0.573 e. The molecule has 1 heterocycles. The van der Waals surface area contributed by atoms with Crippen molar-refractivity contribution in [2.75, 3.05) is 14.2 Å². The fourth-order valence-electron chi connectivity index (χ4n) is 3.09. The lowest BCUT2D eigenvalue weighted by molar-refractivity contribution is -0.275. The SMILES string of the molecule is COc1cc2[nH]cc(C(=O)CC3=CC=C(Cl)CC3OC)c2cc1OC(F)(F)F. The second-order valence-corrected chi connectivity index (χ2v) is 6.67. The van der Waals surface area contributed by atoms with Gasteiger partial charge in [-0.2, -0.15) is 0 Å². The number of carbonyl (C=O) groups excluding carboxylic acids is 1. The van der Waals surface area contributed by atoms with Crippen molar-refractivity contribution in [1.29, 1.82) is 0 Å². The molecule has 0 radical (unpaired) electrons. The van der Waals surface area contributed by atoms with Gasteiger partial charge in [0.25, 0.3) is 0 Å². The quantitative estimate of drug-likeness (QED) is 0.665. The van der Waals surface area contributed by atoms with E-state index in [1.54, 1.807) is 12.2 Å². The summed E-state index contributed by atoms with van der Waals surface area (Å²) in [6, 6.07) is 2.50. The van der Waals surface area contributed by atoms with Crippen molar-refractivity contribution in [2.45, 2.75) is 25.3 Å². The van der Waals surface area contributed by atoms with Gasteiger partial charge in [0.15, 0.2) is 17.3 Å². The Morgan fingerprint density at radius 1 is 1.25 bits per heavy atom. The Hall–Kier alpha value is -2.45. The van der Waals surface area contributed by atoms with Crippen LogP contribution in [0.3, 0.4) is 0 Å². The molecule has 3 rings (SSSR count). The van der Waals surface area contributed by atoms with Crippen LogP contribution in [0.1, 0.15) is 23.2 Å². The molecule has 9 heteroatoms. The zero-order valence-corrected chi connectivity index (χ0v) is 15.8. The van der Waals surface area contributed by atoms with E-state index in [1.807, 2.05) is 0 Å². The van der Waals surface area contributed by atoms with Gasteiger partial charge in [-0.25, -0.2) is 0 Å². The average Bonchev–Trinajstić information content (AvgIpc) is 3.03. The molecule has 0 fully saturated rings. The summed E-state index contributed by atoms with van der Waals surface area (Å²) in [5.74, 6) is -0.883. The summed E-state index contributed by atoms with van der Waals surface area (Å²) in [5.41, 5.74) is 1.45. The highest BCUT2D eigenvalue weighted by Gasteiger charge is 2.33. The Balaban J connectivity index is 1.94. The summed E-state index contributed by atoms with van der Waals surface area (Å²) < 4.78 is 52.4. The highest BCUT2D eigenvalue weighted by atomic mass is 35.5. The zero-order chi connectivity index (χ0) is 20.5. The molecule has 0 saturated carbocycles. The molecule has 1 N–H and O–H groups in total. The monoisotopic (exact) mass is 415 g/mol. The number of nitrogens with one attached hydrogen (secondary N) is 1. The normalized spacial score (nSPS) is 17.3. The Morgan fingerprint density at radius 2 is 2.00 bits per heavy atom. The molecule has 1 aromatic heterocycles. The molecule has 0 saturated heterocycles. The van der Waals surface area contributed by atoms with E-state index in [2.05, 4.69) is 9.72 Å². The Labute approximate surface area is 163 Å². The lowest BCUT2D eigenvalue weighted by Gasteiger charge is -2.21. The lowest BCUT2D eigenvalue weighted by atomic mass is 9.94. The van der Waals surface area contributed by atoms with Gasteiger partial charge in [-0.05, 0) is 17.7 Å². The number of fused-ring (bicyclic) bond motifs is 1. The number of hydrogen-bond donors (Lipinski definition) is 1. The summed E-state index contributed by atoms with van der Waals surface area (Å²) in [7, 11) is 2.76. The van der Waals surface area contributed by atoms with Crippen LogP contribution >= 0.6 is 11.6 Å². The summed E-state index contributed by atoms with van der Waals surface area (Å²) in [5, 5.41) is 0.931. The van der Waals surface area contributed by atoms with Crippen LogP contribution in [0, 0.1) is 0 Å². The van der Waals surface area contributed by atoms with E-state index in [0.29, 0.717) is 22.4 Å². The van der Waals surface area contributed by atoms with E-state index in [1.165, 1.54) is 26.5 Å². The number of carbonyl (C=O) groups is 1. The molecule has 1 aliphatic rings.